The van der Waals surface area contributed by atoms with Crippen molar-refractivity contribution < 1.29 is 19.1 Å². The van der Waals surface area contributed by atoms with Crippen LogP contribution in [0.3, 0.4) is 0 Å². The summed E-state index contributed by atoms with van der Waals surface area (Å²) in [7, 11) is 3.13. The highest BCUT2D eigenvalue weighted by molar-refractivity contribution is 9.10. The monoisotopic (exact) mass is 526 g/mol. The highest BCUT2D eigenvalue weighted by Crippen LogP contribution is 2.36. The van der Waals surface area contributed by atoms with Crippen LogP contribution in [-0.2, 0) is 22.4 Å². The Balaban J connectivity index is 1.43. The van der Waals surface area contributed by atoms with Crippen molar-refractivity contribution in [1.82, 2.24) is 20.8 Å². The first-order chi connectivity index (χ1) is 16.5. The molecule has 1 aromatic heterocycles. The third kappa shape index (κ3) is 5.25. The number of hydrogen-bond acceptors (Lipinski definition) is 5. The van der Waals surface area contributed by atoms with Crippen LogP contribution in [0.15, 0.2) is 53.1 Å². The van der Waals surface area contributed by atoms with Crippen molar-refractivity contribution in [2.45, 2.75) is 31.2 Å². The summed E-state index contributed by atoms with van der Waals surface area (Å²) < 4.78 is 11.4. The van der Waals surface area contributed by atoms with Crippen LogP contribution in [0, 0.1) is 0 Å². The van der Waals surface area contributed by atoms with Gasteiger partial charge in [-0.25, -0.2) is 0 Å². The van der Waals surface area contributed by atoms with E-state index in [1.807, 2.05) is 30.3 Å². The molecule has 1 heterocycles. The van der Waals surface area contributed by atoms with Crippen LogP contribution in [0.2, 0.25) is 0 Å². The van der Waals surface area contributed by atoms with Gasteiger partial charge in [-0.15, -0.1) is 0 Å². The third-order valence-electron chi connectivity index (χ3n) is 6.01. The number of ether oxygens (including phenoxy) is 2. The molecule has 3 aromatic rings. The van der Waals surface area contributed by atoms with Crippen molar-refractivity contribution in [3.63, 3.8) is 0 Å². The highest BCUT2D eigenvalue weighted by atomic mass is 79.9. The van der Waals surface area contributed by atoms with Gasteiger partial charge in [0, 0.05) is 6.54 Å². The summed E-state index contributed by atoms with van der Waals surface area (Å²) in [6.07, 6.45) is 3.51. The fourth-order valence-electron chi connectivity index (χ4n) is 4.23. The van der Waals surface area contributed by atoms with Crippen LogP contribution in [-0.4, -0.2) is 42.8 Å². The Bertz CT molecular complexity index is 1140. The predicted molar refractivity (Wildman–Crippen MR) is 131 cm³/mol. The first-order valence-corrected chi connectivity index (χ1v) is 11.8. The zero-order valence-electron chi connectivity index (χ0n) is 19.1. The van der Waals surface area contributed by atoms with Crippen LogP contribution in [0.4, 0.5) is 0 Å². The minimum atomic E-state index is -0.362. The van der Waals surface area contributed by atoms with Crippen molar-refractivity contribution in [2.75, 3.05) is 20.8 Å². The van der Waals surface area contributed by atoms with E-state index in [1.165, 1.54) is 0 Å². The quantitative estimate of drug-likeness (QED) is 0.396. The smallest absolute Gasteiger partial charge is 0.229 e. The van der Waals surface area contributed by atoms with E-state index >= 15 is 0 Å². The zero-order valence-corrected chi connectivity index (χ0v) is 20.6. The number of fused-ring (bicyclic) bond motifs is 1. The molecule has 2 aromatic carbocycles. The first-order valence-electron chi connectivity index (χ1n) is 11.0. The highest BCUT2D eigenvalue weighted by Gasteiger charge is 2.31. The van der Waals surface area contributed by atoms with Crippen molar-refractivity contribution in [2.24, 2.45) is 0 Å². The maximum atomic E-state index is 13.1. The maximum Gasteiger partial charge on any atom is 0.229 e. The van der Waals surface area contributed by atoms with Crippen LogP contribution in [0.1, 0.15) is 40.8 Å². The van der Waals surface area contributed by atoms with Gasteiger partial charge in [-0.3, -0.25) is 14.7 Å². The molecule has 2 amide bonds. The molecule has 9 heteroatoms. The summed E-state index contributed by atoms with van der Waals surface area (Å²) in [5.74, 6) is 0.673. The van der Waals surface area contributed by atoms with E-state index in [9.17, 15) is 9.59 Å². The van der Waals surface area contributed by atoms with Crippen molar-refractivity contribution >= 4 is 27.7 Å². The summed E-state index contributed by atoms with van der Waals surface area (Å²) in [6, 6.07) is 12.9. The molecule has 0 spiro atoms. The van der Waals surface area contributed by atoms with Gasteiger partial charge in [0.15, 0.2) is 0 Å². The maximum absolute atomic E-state index is 13.1. The molecule has 2 atom stereocenters. The van der Waals surface area contributed by atoms with Gasteiger partial charge in [0.1, 0.15) is 16.0 Å². The number of aryl methyl sites for hydroxylation is 1. The average molecular weight is 527 g/mol. The summed E-state index contributed by atoms with van der Waals surface area (Å²) >= 11 is 3.44. The number of hydrogen-bond donors (Lipinski definition) is 3. The van der Waals surface area contributed by atoms with Crippen LogP contribution in [0.5, 0.6) is 11.5 Å². The number of benzene rings is 2. The minimum Gasteiger partial charge on any atom is -0.495 e. The number of nitrogens with one attached hydrogen (secondary N) is 3. The molecule has 178 valence electrons. The van der Waals surface area contributed by atoms with E-state index in [0.717, 1.165) is 35.2 Å². The second-order valence-corrected chi connectivity index (χ2v) is 8.96. The molecule has 8 nitrogen and oxygen atoms in total. The van der Waals surface area contributed by atoms with E-state index < -0.39 is 0 Å². The lowest BCUT2D eigenvalue weighted by Crippen LogP contribution is -2.40. The Kier molecular flexibility index (Phi) is 7.52. The Labute approximate surface area is 206 Å². The number of carbonyl (C=O) groups excluding carboxylic acids is 2. The normalized spacial score (nSPS) is 15.3. The van der Waals surface area contributed by atoms with E-state index in [1.54, 1.807) is 32.5 Å². The second-order valence-electron chi connectivity index (χ2n) is 8.17. The standard InChI is InChI=1S/C25H27BrN4O4/c1-33-20-10-15(11-21(34-2)23(20)26)12-22(31)27-14-19(16-6-4-3-5-7-16)29-25(32)18-9-8-17-13-28-30-24(17)18/h3-7,10-11,13,18-19H,8-9,12,14H2,1-2H3,(H,27,31)(H,28,30)(H,29,32). The number of rotatable bonds is 9. The van der Waals surface area contributed by atoms with Gasteiger partial charge in [-0.05, 0) is 57.6 Å². The predicted octanol–water partition coefficient (Wildman–Crippen LogP) is 3.44. The van der Waals surface area contributed by atoms with Gasteiger partial charge < -0.3 is 20.1 Å². The molecule has 1 aliphatic carbocycles. The van der Waals surface area contributed by atoms with Crippen molar-refractivity contribution in [1.29, 1.82) is 0 Å². The molecule has 3 N–H and O–H groups in total. The van der Waals surface area contributed by atoms with Gasteiger partial charge in [0.2, 0.25) is 11.8 Å². The van der Waals surface area contributed by atoms with Gasteiger partial charge in [0.05, 0.1) is 44.5 Å². The first kappa shape index (κ1) is 23.8. The number of aromatic nitrogens is 2. The average Bonchev–Trinajstić information content (AvgIpc) is 3.47. The lowest BCUT2D eigenvalue weighted by atomic mass is 10.0. The SMILES string of the molecule is COc1cc(CC(=O)NCC(NC(=O)C2CCc3cn[nH]c32)c2ccccc2)cc(OC)c1Br. The molecule has 34 heavy (non-hydrogen) atoms. The van der Waals surface area contributed by atoms with Gasteiger partial charge in [-0.1, -0.05) is 30.3 Å². The van der Waals surface area contributed by atoms with Gasteiger partial charge in [0.25, 0.3) is 0 Å². The lowest BCUT2D eigenvalue weighted by molar-refractivity contribution is -0.124. The molecule has 0 radical (unpaired) electrons. The number of carbonyl (C=O) groups is 2. The molecule has 0 bridgehead atoms. The lowest BCUT2D eigenvalue weighted by Gasteiger charge is -2.22. The molecule has 2 unspecified atom stereocenters. The zero-order chi connectivity index (χ0) is 24.1. The molecular weight excluding hydrogens is 500 g/mol. The van der Waals surface area contributed by atoms with Crippen LogP contribution < -0.4 is 20.1 Å². The van der Waals surface area contributed by atoms with E-state index in [-0.39, 0.29) is 36.7 Å². The van der Waals surface area contributed by atoms with Crippen molar-refractivity contribution in [3.8, 4) is 11.5 Å². The molecule has 1 aliphatic rings. The Morgan fingerprint density at radius 1 is 1.18 bits per heavy atom. The minimum absolute atomic E-state index is 0.0755. The summed E-state index contributed by atoms with van der Waals surface area (Å²) in [5.41, 5.74) is 3.65. The summed E-state index contributed by atoms with van der Waals surface area (Å²) in [6.45, 7) is 0.266. The fraction of sp³-hybridized carbons (Fsp3) is 0.320. The fourth-order valence-corrected chi connectivity index (χ4v) is 4.78. The van der Waals surface area contributed by atoms with Crippen LogP contribution >= 0.6 is 15.9 Å². The van der Waals surface area contributed by atoms with E-state index in [4.69, 9.17) is 9.47 Å². The number of amides is 2. The number of nitrogens with zero attached hydrogens (tertiary/aromatic N) is 1. The Morgan fingerprint density at radius 2 is 1.88 bits per heavy atom. The largest absolute Gasteiger partial charge is 0.495 e. The number of methoxy groups -OCH3 is 2. The molecule has 0 saturated heterocycles. The van der Waals surface area contributed by atoms with Crippen LogP contribution in [0.25, 0.3) is 0 Å². The van der Waals surface area contributed by atoms with Crippen molar-refractivity contribution in [3.05, 3.63) is 75.5 Å². The van der Waals surface area contributed by atoms with E-state index in [0.29, 0.717) is 16.0 Å². The molecule has 0 fully saturated rings. The topological polar surface area (TPSA) is 105 Å². The molecule has 0 aliphatic heterocycles. The van der Waals surface area contributed by atoms with E-state index in [2.05, 4.69) is 36.8 Å². The Morgan fingerprint density at radius 3 is 2.56 bits per heavy atom. The number of H-pyrrole nitrogens is 1. The molecular formula is C25H27BrN4O4. The van der Waals surface area contributed by atoms with Gasteiger partial charge >= 0.3 is 0 Å². The van der Waals surface area contributed by atoms with Gasteiger partial charge in [-0.2, -0.15) is 5.10 Å². The number of aromatic amines is 1. The third-order valence-corrected chi connectivity index (χ3v) is 6.79. The summed E-state index contributed by atoms with van der Waals surface area (Å²) in [4.78, 5) is 25.9. The summed E-state index contributed by atoms with van der Waals surface area (Å²) in [5, 5.41) is 13.1. The Hall–Kier alpha value is -3.33. The molecule has 4 rings (SSSR count). The second kappa shape index (κ2) is 10.7. The molecule has 0 saturated carbocycles. The number of halogens is 1.